The fourth-order valence-corrected chi connectivity index (χ4v) is 5.22. The maximum Gasteiger partial charge on any atom is 0.410 e. The van der Waals surface area contributed by atoms with Crippen LogP contribution in [0.5, 0.6) is 0 Å². The molecule has 28 heavy (non-hydrogen) atoms. The third-order valence-corrected chi connectivity index (χ3v) is 6.64. The van der Waals surface area contributed by atoms with Gasteiger partial charge in [-0.25, -0.2) is 17.9 Å². The molecule has 0 radical (unpaired) electrons. The number of sulfonamides is 1. The highest BCUT2D eigenvalue weighted by molar-refractivity contribution is 7.89. The minimum absolute atomic E-state index is 0.185. The van der Waals surface area contributed by atoms with Gasteiger partial charge in [-0.2, -0.15) is 0 Å². The average molecular weight is 410 g/mol. The van der Waals surface area contributed by atoms with E-state index in [-0.39, 0.29) is 12.1 Å². The van der Waals surface area contributed by atoms with E-state index in [4.69, 9.17) is 4.74 Å². The van der Waals surface area contributed by atoms with E-state index >= 15 is 0 Å². The van der Waals surface area contributed by atoms with Gasteiger partial charge in [0.1, 0.15) is 10.5 Å². The van der Waals surface area contributed by atoms with Crippen molar-refractivity contribution in [1.82, 2.24) is 9.62 Å². The molecule has 1 N–H and O–H groups in total. The number of benzene rings is 1. The van der Waals surface area contributed by atoms with Crippen LogP contribution in [0.4, 0.5) is 10.5 Å². The van der Waals surface area contributed by atoms with E-state index in [9.17, 15) is 13.2 Å². The molecule has 2 heterocycles. The van der Waals surface area contributed by atoms with Gasteiger partial charge in [0.05, 0.1) is 5.69 Å². The van der Waals surface area contributed by atoms with Crippen LogP contribution in [0.15, 0.2) is 29.2 Å². The summed E-state index contributed by atoms with van der Waals surface area (Å²) >= 11 is 0. The second kappa shape index (κ2) is 8.29. The lowest BCUT2D eigenvalue weighted by Gasteiger charge is -2.33. The number of anilines is 1. The van der Waals surface area contributed by atoms with E-state index in [0.717, 1.165) is 31.6 Å². The Morgan fingerprint density at radius 2 is 1.68 bits per heavy atom. The number of likely N-dealkylation sites (tertiary alicyclic amines) is 1. The number of carbonyl (C=O) groups excluding carboxylic acids is 1. The lowest BCUT2D eigenvalue weighted by molar-refractivity contribution is 0.0203. The Balaban J connectivity index is 1.63. The number of carbonyl (C=O) groups is 1. The molecule has 2 fully saturated rings. The van der Waals surface area contributed by atoms with Gasteiger partial charge in [-0.15, -0.1) is 0 Å². The monoisotopic (exact) mass is 409 g/mol. The average Bonchev–Trinajstić information content (AvgIpc) is 3.15. The van der Waals surface area contributed by atoms with E-state index in [2.05, 4.69) is 9.62 Å². The van der Waals surface area contributed by atoms with Gasteiger partial charge in [-0.3, -0.25) is 0 Å². The molecule has 3 rings (SSSR count). The van der Waals surface area contributed by atoms with Crippen molar-refractivity contribution in [3.63, 3.8) is 0 Å². The Labute approximate surface area is 168 Å². The predicted octanol–water partition coefficient (Wildman–Crippen LogP) is 2.96. The number of rotatable bonds is 4. The van der Waals surface area contributed by atoms with E-state index in [0.29, 0.717) is 30.8 Å². The van der Waals surface area contributed by atoms with Crippen molar-refractivity contribution in [2.24, 2.45) is 0 Å². The van der Waals surface area contributed by atoms with Gasteiger partial charge in [-0.05, 0) is 58.6 Å². The van der Waals surface area contributed by atoms with E-state index in [1.165, 1.54) is 0 Å². The topological polar surface area (TPSA) is 79.0 Å². The van der Waals surface area contributed by atoms with Gasteiger partial charge in [0.15, 0.2) is 0 Å². The summed E-state index contributed by atoms with van der Waals surface area (Å²) in [6.07, 6.45) is 2.98. The van der Waals surface area contributed by atoms with Crippen LogP contribution in [0, 0.1) is 0 Å². The Morgan fingerprint density at radius 3 is 2.29 bits per heavy atom. The quantitative estimate of drug-likeness (QED) is 0.827. The highest BCUT2D eigenvalue weighted by Gasteiger charge is 2.30. The Morgan fingerprint density at radius 1 is 1.07 bits per heavy atom. The largest absolute Gasteiger partial charge is 0.444 e. The Bertz CT molecular complexity index is 790. The third-order valence-electron chi connectivity index (χ3n) is 5.07. The number of hydrogen-bond donors (Lipinski definition) is 1. The van der Waals surface area contributed by atoms with Gasteiger partial charge in [-0.1, -0.05) is 12.1 Å². The van der Waals surface area contributed by atoms with Crippen molar-refractivity contribution in [3.05, 3.63) is 24.3 Å². The second-order valence-electron chi connectivity index (χ2n) is 8.52. The number of hydrogen-bond acceptors (Lipinski definition) is 5. The molecular formula is C20H31N3O4S. The molecule has 0 bridgehead atoms. The summed E-state index contributed by atoms with van der Waals surface area (Å²) in [6.45, 7) is 8.25. The lowest BCUT2D eigenvalue weighted by Crippen LogP contribution is -2.47. The summed E-state index contributed by atoms with van der Waals surface area (Å²) in [5.41, 5.74) is 0.244. The highest BCUT2D eigenvalue weighted by Crippen LogP contribution is 2.28. The molecule has 156 valence electrons. The summed E-state index contributed by atoms with van der Waals surface area (Å²) in [4.78, 5) is 16.3. The molecule has 1 aromatic carbocycles. The normalized spacial score (nSPS) is 19.1. The maximum atomic E-state index is 13.0. The molecule has 0 atom stereocenters. The van der Waals surface area contributed by atoms with E-state index in [1.54, 1.807) is 17.0 Å². The lowest BCUT2D eigenvalue weighted by atomic mass is 10.1. The number of para-hydroxylation sites is 1. The Hall–Kier alpha value is -1.80. The molecule has 1 aromatic rings. The molecule has 0 aliphatic carbocycles. The first-order valence-corrected chi connectivity index (χ1v) is 11.5. The molecule has 2 aliphatic rings. The van der Waals surface area contributed by atoms with Crippen molar-refractivity contribution in [3.8, 4) is 0 Å². The number of nitrogens with zero attached hydrogens (tertiary/aromatic N) is 2. The second-order valence-corrected chi connectivity index (χ2v) is 10.2. The molecule has 8 heteroatoms. The van der Waals surface area contributed by atoms with Crippen LogP contribution in [0.3, 0.4) is 0 Å². The molecule has 0 aromatic heterocycles. The molecule has 1 amide bonds. The number of piperidine rings is 1. The summed E-state index contributed by atoms with van der Waals surface area (Å²) in [7, 11) is -3.62. The van der Waals surface area contributed by atoms with E-state index < -0.39 is 15.6 Å². The van der Waals surface area contributed by atoms with Gasteiger partial charge in [0.25, 0.3) is 0 Å². The first kappa shape index (κ1) is 20.9. The van der Waals surface area contributed by atoms with Gasteiger partial charge < -0.3 is 14.5 Å². The summed E-state index contributed by atoms with van der Waals surface area (Å²) in [5, 5.41) is 0. The van der Waals surface area contributed by atoms with Crippen LogP contribution in [0.25, 0.3) is 0 Å². The first-order valence-electron chi connectivity index (χ1n) is 10.00. The van der Waals surface area contributed by atoms with E-state index in [1.807, 2.05) is 32.9 Å². The van der Waals surface area contributed by atoms with Crippen molar-refractivity contribution < 1.29 is 17.9 Å². The molecule has 0 unspecified atom stereocenters. The zero-order chi connectivity index (χ0) is 20.4. The number of nitrogens with one attached hydrogen (secondary N) is 1. The summed E-state index contributed by atoms with van der Waals surface area (Å²) in [5.74, 6) is 0. The smallest absolute Gasteiger partial charge is 0.410 e. The first-order chi connectivity index (χ1) is 13.2. The SMILES string of the molecule is CC(C)(C)OC(=O)N1CCC(NS(=O)(=O)c2ccccc2N2CCCC2)CC1. The Kier molecular flexibility index (Phi) is 6.19. The van der Waals surface area contributed by atoms with Crippen LogP contribution in [0.1, 0.15) is 46.5 Å². The van der Waals surface area contributed by atoms with Gasteiger partial charge in [0, 0.05) is 32.2 Å². The molecule has 2 saturated heterocycles. The fraction of sp³-hybridized carbons (Fsp3) is 0.650. The van der Waals surface area contributed by atoms with Crippen LogP contribution in [0.2, 0.25) is 0 Å². The van der Waals surface area contributed by atoms with Crippen molar-refractivity contribution >= 4 is 21.8 Å². The molecule has 2 aliphatic heterocycles. The van der Waals surface area contributed by atoms with Gasteiger partial charge >= 0.3 is 6.09 Å². The zero-order valence-corrected chi connectivity index (χ0v) is 17.8. The molecule has 7 nitrogen and oxygen atoms in total. The van der Waals surface area contributed by atoms with Crippen LogP contribution in [-0.4, -0.2) is 57.2 Å². The summed E-state index contributed by atoms with van der Waals surface area (Å²) in [6, 6.07) is 7.01. The van der Waals surface area contributed by atoms with Crippen LogP contribution < -0.4 is 9.62 Å². The maximum absolute atomic E-state index is 13.0. The van der Waals surface area contributed by atoms with Crippen molar-refractivity contribution in [2.45, 2.75) is 63.0 Å². The van der Waals surface area contributed by atoms with Crippen molar-refractivity contribution in [2.75, 3.05) is 31.1 Å². The zero-order valence-electron chi connectivity index (χ0n) is 17.0. The third kappa shape index (κ3) is 5.17. The number of ether oxygens (including phenoxy) is 1. The predicted molar refractivity (Wildman–Crippen MR) is 109 cm³/mol. The fourth-order valence-electron chi connectivity index (χ4n) is 3.69. The summed E-state index contributed by atoms with van der Waals surface area (Å²) < 4.78 is 34.3. The number of amides is 1. The van der Waals surface area contributed by atoms with Crippen LogP contribution in [-0.2, 0) is 14.8 Å². The molecule has 0 saturated carbocycles. The van der Waals surface area contributed by atoms with Crippen molar-refractivity contribution in [1.29, 1.82) is 0 Å². The van der Waals surface area contributed by atoms with Gasteiger partial charge in [0.2, 0.25) is 10.0 Å². The highest BCUT2D eigenvalue weighted by atomic mass is 32.2. The molecule has 0 spiro atoms. The minimum atomic E-state index is -3.62. The standard InChI is InChI=1S/C20H31N3O4S/c1-20(2,3)27-19(24)23-14-10-16(11-15-23)21-28(25,26)18-9-5-4-8-17(18)22-12-6-7-13-22/h4-5,8-9,16,21H,6-7,10-15H2,1-3H3. The minimum Gasteiger partial charge on any atom is -0.444 e. The molecular weight excluding hydrogens is 378 g/mol. The van der Waals surface area contributed by atoms with Crippen LogP contribution >= 0.6 is 0 Å².